The van der Waals surface area contributed by atoms with E-state index in [0.717, 1.165) is 11.5 Å². The van der Waals surface area contributed by atoms with Crippen LogP contribution in [0.1, 0.15) is 0 Å². The first-order valence-corrected chi connectivity index (χ1v) is 5.09. The van der Waals surface area contributed by atoms with Gasteiger partial charge in [-0.1, -0.05) is 0 Å². The Balaban J connectivity index is 3.20. The van der Waals surface area contributed by atoms with Gasteiger partial charge in [-0.2, -0.15) is 4.37 Å². The van der Waals surface area contributed by atoms with E-state index < -0.39 is 9.05 Å². The molecule has 0 bridgehead atoms. The summed E-state index contributed by atoms with van der Waals surface area (Å²) in [5.74, 6) is 0. The normalized spacial score (nSPS) is 11.7. The van der Waals surface area contributed by atoms with Crippen molar-refractivity contribution in [1.82, 2.24) is 4.37 Å². The quantitative estimate of drug-likeness (QED) is 0.612. The van der Waals surface area contributed by atoms with Gasteiger partial charge in [0.1, 0.15) is 4.90 Å². The Kier molecular flexibility index (Phi) is 1.74. The summed E-state index contributed by atoms with van der Waals surface area (Å²) in [6.45, 7) is 0. The fourth-order valence-corrected chi connectivity index (χ4v) is 2.00. The third-order valence-corrected chi connectivity index (χ3v) is 2.75. The Hall–Kier alpha value is -0.130. The summed E-state index contributed by atoms with van der Waals surface area (Å²) in [6, 6.07) is 0. The third kappa shape index (κ3) is 1.64. The molecule has 0 amide bonds. The fraction of sp³-hybridized carbons (Fsp3) is 0. The molecule has 0 aliphatic carbocycles. The molecule has 0 aliphatic heterocycles. The zero-order valence-electron chi connectivity index (χ0n) is 4.11. The summed E-state index contributed by atoms with van der Waals surface area (Å²) in [5.41, 5.74) is 0. The molecule has 1 rings (SSSR count). The highest BCUT2D eigenvalue weighted by atomic mass is 35.7. The number of rotatable bonds is 1. The van der Waals surface area contributed by atoms with Crippen molar-refractivity contribution >= 4 is 31.3 Å². The van der Waals surface area contributed by atoms with Gasteiger partial charge >= 0.3 is 0 Å². The Morgan fingerprint density at radius 1 is 1.67 bits per heavy atom. The van der Waals surface area contributed by atoms with Crippen molar-refractivity contribution in [1.29, 1.82) is 0 Å². The van der Waals surface area contributed by atoms with Gasteiger partial charge in [0.05, 0.1) is 6.20 Å². The van der Waals surface area contributed by atoms with Crippen LogP contribution in [0.5, 0.6) is 0 Å². The fourth-order valence-electron chi connectivity index (χ4n) is 0.316. The van der Waals surface area contributed by atoms with Gasteiger partial charge < -0.3 is 0 Å². The maximum Gasteiger partial charge on any atom is 0.263 e. The molecule has 0 fully saturated rings. The van der Waals surface area contributed by atoms with E-state index in [2.05, 4.69) is 4.37 Å². The van der Waals surface area contributed by atoms with Crippen LogP contribution in [0.4, 0.5) is 0 Å². The maximum atomic E-state index is 10.4. The highest BCUT2D eigenvalue weighted by Gasteiger charge is 2.09. The molecule has 1 aromatic rings. The van der Waals surface area contributed by atoms with Crippen molar-refractivity contribution in [3.05, 3.63) is 11.6 Å². The molecule has 0 aromatic carbocycles. The molecule has 1 aromatic heterocycles. The van der Waals surface area contributed by atoms with Crippen LogP contribution < -0.4 is 0 Å². The third-order valence-electron chi connectivity index (χ3n) is 0.691. The van der Waals surface area contributed by atoms with E-state index in [1.165, 1.54) is 11.6 Å². The molecule has 0 spiro atoms. The standard InChI is InChI=1S/C3H2ClNO2S2/c4-9(6,7)3-1-5-8-2-3/h1-2H. The number of nitrogens with zero attached hydrogens (tertiary/aromatic N) is 1. The van der Waals surface area contributed by atoms with E-state index in [4.69, 9.17) is 10.7 Å². The Labute approximate surface area is 60.9 Å². The highest BCUT2D eigenvalue weighted by molar-refractivity contribution is 8.13. The van der Waals surface area contributed by atoms with Crippen LogP contribution in [0.25, 0.3) is 0 Å². The van der Waals surface area contributed by atoms with Gasteiger partial charge in [0.15, 0.2) is 0 Å². The van der Waals surface area contributed by atoms with Crippen LogP contribution in [-0.4, -0.2) is 12.8 Å². The molecule has 3 nitrogen and oxygen atoms in total. The van der Waals surface area contributed by atoms with Crippen LogP contribution in [-0.2, 0) is 9.05 Å². The first-order chi connectivity index (χ1) is 4.11. The van der Waals surface area contributed by atoms with Crippen LogP contribution in [0.2, 0.25) is 0 Å². The minimum absolute atomic E-state index is 0.0640. The van der Waals surface area contributed by atoms with E-state index in [1.807, 2.05) is 0 Å². The molecule has 0 saturated heterocycles. The zero-order valence-corrected chi connectivity index (χ0v) is 6.50. The molecule has 0 saturated carbocycles. The minimum atomic E-state index is -3.54. The van der Waals surface area contributed by atoms with Crippen molar-refractivity contribution in [2.24, 2.45) is 0 Å². The van der Waals surface area contributed by atoms with Crippen molar-refractivity contribution in [3.63, 3.8) is 0 Å². The molecule has 6 heteroatoms. The summed E-state index contributed by atoms with van der Waals surface area (Å²) >= 11 is 1.05. The molecule has 0 N–H and O–H groups in total. The lowest BCUT2D eigenvalue weighted by Gasteiger charge is -1.81. The molecular weight excluding hydrogens is 182 g/mol. The van der Waals surface area contributed by atoms with E-state index in [1.54, 1.807) is 0 Å². The SMILES string of the molecule is O=S(=O)(Cl)c1cnsc1. The van der Waals surface area contributed by atoms with Gasteiger partial charge in [-0.05, 0) is 11.5 Å². The molecular formula is C3H2ClNO2S2. The topological polar surface area (TPSA) is 47.0 Å². The molecule has 1 heterocycles. The van der Waals surface area contributed by atoms with E-state index in [-0.39, 0.29) is 4.90 Å². The number of hydrogen-bond donors (Lipinski definition) is 0. The summed E-state index contributed by atoms with van der Waals surface area (Å²) in [4.78, 5) is 0.0640. The lowest BCUT2D eigenvalue weighted by molar-refractivity contribution is 0.610. The summed E-state index contributed by atoms with van der Waals surface area (Å²) in [5, 5.41) is 1.38. The highest BCUT2D eigenvalue weighted by Crippen LogP contribution is 2.14. The monoisotopic (exact) mass is 183 g/mol. The molecule has 0 aliphatic rings. The summed E-state index contributed by atoms with van der Waals surface area (Å²) < 4.78 is 24.4. The van der Waals surface area contributed by atoms with E-state index in [9.17, 15) is 8.42 Å². The van der Waals surface area contributed by atoms with Crippen molar-refractivity contribution in [2.75, 3.05) is 0 Å². The van der Waals surface area contributed by atoms with Gasteiger partial charge in [0.2, 0.25) is 0 Å². The van der Waals surface area contributed by atoms with Crippen molar-refractivity contribution in [2.45, 2.75) is 4.90 Å². The number of aromatic nitrogens is 1. The van der Waals surface area contributed by atoms with Gasteiger partial charge in [-0.3, -0.25) is 0 Å². The first kappa shape index (κ1) is 6.98. The molecule has 0 atom stereocenters. The molecule has 0 unspecified atom stereocenters. The van der Waals surface area contributed by atoms with Gasteiger partial charge in [0, 0.05) is 16.1 Å². The Bertz CT molecular complexity index is 277. The second-order valence-corrected chi connectivity index (χ2v) is 4.52. The van der Waals surface area contributed by atoms with Crippen molar-refractivity contribution in [3.8, 4) is 0 Å². The summed E-state index contributed by atoms with van der Waals surface area (Å²) in [7, 11) is 1.40. The smallest absolute Gasteiger partial charge is 0.207 e. The molecule has 50 valence electrons. The van der Waals surface area contributed by atoms with Crippen LogP contribution in [0.3, 0.4) is 0 Å². The molecule has 0 radical (unpaired) electrons. The summed E-state index contributed by atoms with van der Waals surface area (Å²) in [6.07, 6.45) is 1.22. The Morgan fingerprint density at radius 3 is 2.56 bits per heavy atom. The van der Waals surface area contributed by atoms with Gasteiger partial charge in [-0.15, -0.1) is 0 Å². The van der Waals surface area contributed by atoms with Gasteiger partial charge in [0.25, 0.3) is 9.05 Å². The molecule has 9 heavy (non-hydrogen) atoms. The van der Waals surface area contributed by atoms with Crippen LogP contribution >= 0.6 is 22.2 Å². The number of hydrogen-bond acceptors (Lipinski definition) is 4. The van der Waals surface area contributed by atoms with Crippen LogP contribution in [0, 0.1) is 0 Å². The predicted octanol–water partition coefficient (Wildman–Crippen LogP) is 1.07. The average molecular weight is 184 g/mol. The maximum absolute atomic E-state index is 10.4. The second kappa shape index (κ2) is 2.24. The lowest BCUT2D eigenvalue weighted by Crippen LogP contribution is -1.84. The van der Waals surface area contributed by atoms with Gasteiger partial charge in [-0.25, -0.2) is 8.42 Å². The van der Waals surface area contributed by atoms with E-state index in [0.29, 0.717) is 0 Å². The lowest BCUT2D eigenvalue weighted by atomic mass is 10.8. The predicted molar refractivity (Wildman–Crippen MR) is 35.2 cm³/mol. The number of halogens is 1. The minimum Gasteiger partial charge on any atom is -0.207 e. The Morgan fingerprint density at radius 2 is 2.33 bits per heavy atom. The zero-order chi connectivity index (χ0) is 6.91. The van der Waals surface area contributed by atoms with Crippen molar-refractivity contribution < 1.29 is 8.42 Å². The average Bonchev–Trinajstić information content (AvgIpc) is 2.08. The first-order valence-electron chi connectivity index (χ1n) is 1.95. The second-order valence-electron chi connectivity index (χ2n) is 1.30. The van der Waals surface area contributed by atoms with E-state index >= 15 is 0 Å². The van der Waals surface area contributed by atoms with Crippen LogP contribution in [0.15, 0.2) is 16.5 Å². The largest absolute Gasteiger partial charge is 0.263 e.